The van der Waals surface area contributed by atoms with Crippen LogP contribution in [-0.2, 0) is 4.74 Å². The predicted octanol–water partition coefficient (Wildman–Crippen LogP) is 6.87. The first-order valence-corrected chi connectivity index (χ1v) is 30.9. The molecule has 0 saturated carbocycles. The van der Waals surface area contributed by atoms with Gasteiger partial charge in [0.1, 0.15) is 0 Å². The van der Waals surface area contributed by atoms with Gasteiger partial charge >= 0.3 is 0 Å². The fraction of sp³-hybridized carbons (Fsp3) is 0.968. The van der Waals surface area contributed by atoms with E-state index in [1.807, 2.05) is 14.0 Å². The standard InChI is InChI=1S/C62H133N11O3/c1-25-26-27-48(12)62(75)60-36-67-58(52(16)74)41-68(18)51(15)38-71(21)59(53(17)76-24)35-66-54(28-43(2)3)39-70(20)56(30-45(6)7)33-64-49(13)32-63-50(14)37-69(19)57(31-46(8)9)34-65-55(29-44(4)5)40-72(22)61(47(10)11)42-73(60)23/h25-26,43-67,74-75H,27-42H2,1-24H3/b26-25+/t48-,49+,50-,51-,52-,53?,54+,55+,56+,57+,58+,59+,60+,61-,62-/m1/s1. The van der Waals surface area contributed by atoms with E-state index >= 15 is 0 Å². The molecule has 1 unspecified atom stereocenters. The van der Waals surface area contributed by atoms with Gasteiger partial charge in [-0.3, -0.25) is 9.80 Å². The number of nitrogens with one attached hydrogen (secondary N) is 5. The summed E-state index contributed by atoms with van der Waals surface area (Å²) in [5.74, 6) is 2.81. The molecule has 0 aromatic rings. The van der Waals surface area contributed by atoms with Crippen molar-refractivity contribution in [2.45, 2.75) is 235 Å². The van der Waals surface area contributed by atoms with Crippen molar-refractivity contribution in [1.82, 2.24) is 56.0 Å². The quantitative estimate of drug-likeness (QED) is 0.0813. The van der Waals surface area contributed by atoms with Crippen molar-refractivity contribution in [3.63, 3.8) is 0 Å². The minimum absolute atomic E-state index is 0.0351. The maximum Gasteiger partial charge on any atom is 0.0736 e. The zero-order chi connectivity index (χ0) is 58.0. The second kappa shape index (κ2) is 38.8. The van der Waals surface area contributed by atoms with Gasteiger partial charge < -0.3 is 61.1 Å². The molecule has 0 radical (unpaired) electrons. The summed E-state index contributed by atoms with van der Waals surface area (Å²) < 4.78 is 6.10. The fourth-order valence-corrected chi connectivity index (χ4v) is 11.9. The summed E-state index contributed by atoms with van der Waals surface area (Å²) in [6, 6.07) is 2.57. The Hall–Kier alpha value is -0.820. The number of likely N-dealkylation sites (N-methyl/N-ethyl adjacent to an activating group) is 6. The minimum atomic E-state index is -0.580. The van der Waals surface area contributed by atoms with Gasteiger partial charge in [-0.15, -0.1) is 0 Å². The Morgan fingerprint density at radius 2 is 0.947 bits per heavy atom. The second-order valence-corrected chi connectivity index (χ2v) is 27.1. The van der Waals surface area contributed by atoms with Crippen LogP contribution in [-0.4, -0.2) is 246 Å². The van der Waals surface area contributed by atoms with E-state index in [4.69, 9.17) is 4.74 Å². The molecule has 0 spiro atoms. The summed E-state index contributed by atoms with van der Waals surface area (Å²) in [4.78, 5) is 15.1. The van der Waals surface area contributed by atoms with Crippen LogP contribution < -0.4 is 26.6 Å². The highest BCUT2D eigenvalue weighted by Gasteiger charge is 2.34. The lowest BCUT2D eigenvalue weighted by atomic mass is 9.92. The maximum atomic E-state index is 12.3. The van der Waals surface area contributed by atoms with Crippen LogP contribution in [0.1, 0.15) is 150 Å². The molecular formula is C62H133N11O3. The van der Waals surface area contributed by atoms with E-state index in [2.05, 4.69) is 221 Å². The summed E-state index contributed by atoms with van der Waals surface area (Å²) >= 11 is 0. The molecule has 1 heterocycles. The van der Waals surface area contributed by atoms with Gasteiger partial charge in [0, 0.05) is 146 Å². The summed E-state index contributed by atoms with van der Waals surface area (Å²) in [6.45, 7) is 48.5. The number of allylic oxidation sites excluding steroid dienone is 2. The number of aliphatic hydroxyl groups is 2. The highest BCUT2D eigenvalue weighted by molar-refractivity contribution is 4.93. The van der Waals surface area contributed by atoms with E-state index in [0.29, 0.717) is 78.9 Å². The van der Waals surface area contributed by atoms with Gasteiger partial charge in [0.15, 0.2) is 0 Å². The van der Waals surface area contributed by atoms with Gasteiger partial charge in [0.2, 0.25) is 0 Å². The van der Waals surface area contributed by atoms with Crippen molar-refractivity contribution in [2.24, 2.45) is 35.5 Å². The molecule has 0 aromatic carbocycles. The number of hydrogen-bond donors (Lipinski definition) is 7. The Morgan fingerprint density at radius 1 is 0.487 bits per heavy atom. The van der Waals surface area contributed by atoms with Gasteiger partial charge in [0.05, 0.1) is 18.3 Å². The summed E-state index contributed by atoms with van der Waals surface area (Å²) in [7, 11) is 15.5. The maximum absolute atomic E-state index is 12.3. The SMILES string of the molecule is C/C=C/C[C@@H](C)[C@@H](O)[C@@H]1CN[C@H]([C@@H](C)O)CN(C)[C@H](C)CN(C)[C@H](C(C)OC)CN[C@@H](CC(C)C)CN(C)[C@@H](CC(C)C)CN[C@@H](C)CN[C@H](C)CN(C)[C@@H](CC(C)C)CN[C@@H](CC(C)C)CN(C)[C@@H](C(C)C)CN1C. The summed E-state index contributed by atoms with van der Waals surface area (Å²) in [6.07, 6.45) is 8.49. The van der Waals surface area contributed by atoms with Gasteiger partial charge in [0.25, 0.3) is 0 Å². The van der Waals surface area contributed by atoms with E-state index in [0.717, 1.165) is 91.0 Å². The number of ether oxygens (including phenoxy) is 1. The van der Waals surface area contributed by atoms with E-state index in [9.17, 15) is 10.2 Å². The van der Waals surface area contributed by atoms with Crippen LogP contribution in [0.3, 0.4) is 0 Å². The molecular weight excluding hydrogens is 947 g/mol. The third-order valence-corrected chi connectivity index (χ3v) is 17.1. The highest BCUT2D eigenvalue weighted by Crippen LogP contribution is 2.22. The van der Waals surface area contributed by atoms with Crippen LogP contribution in [0.15, 0.2) is 12.2 Å². The molecule has 1 aliphatic rings. The first kappa shape index (κ1) is 73.2. The van der Waals surface area contributed by atoms with Gasteiger partial charge in [-0.2, -0.15) is 0 Å². The topological polar surface area (TPSA) is 129 Å². The predicted molar refractivity (Wildman–Crippen MR) is 330 cm³/mol. The molecule has 0 aliphatic carbocycles. The molecule has 1 rings (SSSR count). The lowest BCUT2D eigenvalue weighted by Gasteiger charge is -2.42. The van der Waals surface area contributed by atoms with Crippen molar-refractivity contribution in [3.8, 4) is 0 Å². The molecule has 15 atom stereocenters. The Balaban J connectivity index is 3.80. The minimum Gasteiger partial charge on any atom is -0.392 e. The molecule has 1 fully saturated rings. The van der Waals surface area contributed by atoms with Crippen molar-refractivity contribution in [1.29, 1.82) is 0 Å². The highest BCUT2D eigenvalue weighted by atomic mass is 16.5. The molecule has 14 heteroatoms. The van der Waals surface area contributed by atoms with Gasteiger partial charge in [-0.05, 0) is 151 Å². The first-order valence-electron chi connectivity index (χ1n) is 30.9. The van der Waals surface area contributed by atoms with Crippen LogP contribution in [0, 0.1) is 35.5 Å². The van der Waals surface area contributed by atoms with Crippen LogP contribution in [0.25, 0.3) is 0 Å². The number of aliphatic hydroxyl groups excluding tert-OH is 2. The number of hydrogen-bond acceptors (Lipinski definition) is 14. The van der Waals surface area contributed by atoms with E-state index < -0.39 is 12.2 Å². The van der Waals surface area contributed by atoms with Crippen molar-refractivity contribution in [2.75, 3.05) is 121 Å². The third kappa shape index (κ3) is 29.2. The number of nitrogens with zero attached hydrogens (tertiary/aromatic N) is 6. The number of rotatable bonds is 16. The second-order valence-electron chi connectivity index (χ2n) is 27.1. The lowest BCUT2D eigenvalue weighted by Crippen LogP contribution is -2.59. The largest absolute Gasteiger partial charge is 0.392 e. The average Bonchev–Trinajstić information content (AvgIpc) is 3.32. The Morgan fingerprint density at radius 3 is 1.45 bits per heavy atom. The molecule has 0 bridgehead atoms. The Kier molecular flexibility index (Phi) is 37.4. The molecule has 7 N–H and O–H groups in total. The van der Waals surface area contributed by atoms with Crippen molar-refractivity contribution >= 4 is 0 Å². The molecule has 0 aromatic heterocycles. The van der Waals surface area contributed by atoms with Crippen LogP contribution in [0.5, 0.6) is 0 Å². The van der Waals surface area contributed by atoms with E-state index in [1.54, 1.807) is 0 Å². The monoisotopic (exact) mass is 1080 g/mol. The van der Waals surface area contributed by atoms with Crippen LogP contribution in [0.2, 0.25) is 0 Å². The normalized spacial score (nSPS) is 32.0. The van der Waals surface area contributed by atoms with Crippen molar-refractivity contribution in [3.05, 3.63) is 12.2 Å². The molecule has 1 aliphatic heterocycles. The van der Waals surface area contributed by atoms with E-state index in [-0.39, 0.29) is 42.2 Å². The third-order valence-electron chi connectivity index (χ3n) is 17.1. The molecule has 1 saturated heterocycles. The van der Waals surface area contributed by atoms with Crippen LogP contribution >= 0.6 is 0 Å². The van der Waals surface area contributed by atoms with Gasteiger partial charge in [-0.25, -0.2) is 0 Å². The zero-order valence-electron chi connectivity index (χ0n) is 54.5. The molecule has 76 heavy (non-hydrogen) atoms. The summed E-state index contributed by atoms with van der Waals surface area (Å²) in [5, 5.41) is 43.6. The van der Waals surface area contributed by atoms with Gasteiger partial charge in [-0.1, -0.05) is 88.3 Å². The Labute approximate surface area is 472 Å². The first-order chi connectivity index (χ1) is 35.5. The number of methoxy groups -OCH3 is 1. The lowest BCUT2D eigenvalue weighted by molar-refractivity contribution is 0.00505. The zero-order valence-corrected chi connectivity index (χ0v) is 54.5. The average molecular weight is 1080 g/mol. The summed E-state index contributed by atoms with van der Waals surface area (Å²) in [5.41, 5.74) is 0. The Bertz CT molecular complexity index is 1460. The smallest absolute Gasteiger partial charge is 0.0736 e. The molecule has 454 valence electrons. The fourth-order valence-electron chi connectivity index (χ4n) is 11.9. The molecule has 0 amide bonds. The van der Waals surface area contributed by atoms with Crippen molar-refractivity contribution < 1.29 is 14.9 Å². The molecule has 14 nitrogen and oxygen atoms in total. The van der Waals surface area contributed by atoms with Crippen LogP contribution in [0.4, 0.5) is 0 Å². The van der Waals surface area contributed by atoms with E-state index in [1.165, 1.54) is 0 Å².